The summed E-state index contributed by atoms with van der Waals surface area (Å²) in [5.74, 6) is -2.72. The highest BCUT2D eigenvalue weighted by atomic mass is 19.4. The maximum absolute atomic E-state index is 12.1. The number of hydrogen-bond acceptors (Lipinski definition) is 5. The summed E-state index contributed by atoms with van der Waals surface area (Å²) in [7, 11) is 2.05. The Hall–Kier alpha value is -2.19. The maximum atomic E-state index is 12.1. The van der Waals surface area contributed by atoms with Crippen molar-refractivity contribution in [2.45, 2.75) is 6.36 Å². The fraction of sp³-hybridized carbons (Fsp3) is 0.333. The molecule has 6 nitrogen and oxygen atoms in total. The Morgan fingerprint density at radius 2 is 1.94 bits per heavy atom. The normalized spacial score (nSPS) is 10.9. The van der Waals surface area contributed by atoms with Crippen molar-refractivity contribution in [3.8, 4) is 11.5 Å². The first-order chi connectivity index (χ1) is 8.30. The first-order valence-corrected chi connectivity index (χ1v) is 4.44. The van der Waals surface area contributed by atoms with Crippen LogP contribution < -0.4 is 15.0 Å². The van der Waals surface area contributed by atoms with Crippen molar-refractivity contribution >= 4 is 5.97 Å². The molecular formula is C9H8F3NO5. The molecule has 0 aliphatic heterocycles. The van der Waals surface area contributed by atoms with E-state index in [4.69, 9.17) is 0 Å². The zero-order valence-corrected chi connectivity index (χ0v) is 9.25. The average molecular weight is 267 g/mol. The SMILES string of the molecule is COC(=O)c1c(OC)c[nH]c(=O)c1OC(F)(F)F. The molecule has 0 aromatic carbocycles. The minimum Gasteiger partial charge on any atom is -0.494 e. The van der Waals surface area contributed by atoms with E-state index in [0.717, 1.165) is 20.4 Å². The zero-order valence-electron chi connectivity index (χ0n) is 9.25. The van der Waals surface area contributed by atoms with Crippen molar-refractivity contribution in [3.05, 3.63) is 22.1 Å². The van der Waals surface area contributed by atoms with Gasteiger partial charge in [-0.15, -0.1) is 13.2 Å². The molecule has 0 bridgehead atoms. The van der Waals surface area contributed by atoms with Gasteiger partial charge in [-0.25, -0.2) is 4.79 Å². The highest BCUT2D eigenvalue weighted by molar-refractivity contribution is 5.95. The second kappa shape index (κ2) is 4.98. The van der Waals surface area contributed by atoms with E-state index in [1.165, 1.54) is 0 Å². The van der Waals surface area contributed by atoms with E-state index in [0.29, 0.717) is 0 Å². The summed E-state index contributed by atoms with van der Waals surface area (Å²) in [6.07, 6.45) is -4.19. The summed E-state index contributed by atoms with van der Waals surface area (Å²) in [6, 6.07) is 0. The van der Waals surface area contributed by atoms with Crippen molar-refractivity contribution in [1.82, 2.24) is 4.98 Å². The van der Waals surface area contributed by atoms with Crippen molar-refractivity contribution in [2.24, 2.45) is 0 Å². The number of nitrogens with one attached hydrogen (secondary N) is 1. The number of pyridine rings is 1. The lowest BCUT2D eigenvalue weighted by molar-refractivity contribution is -0.275. The van der Waals surface area contributed by atoms with Crippen LogP contribution in [0.3, 0.4) is 0 Å². The van der Waals surface area contributed by atoms with Crippen LogP contribution >= 0.6 is 0 Å². The number of hydrogen-bond donors (Lipinski definition) is 1. The van der Waals surface area contributed by atoms with E-state index in [-0.39, 0.29) is 5.75 Å². The molecule has 0 aliphatic carbocycles. The van der Waals surface area contributed by atoms with Crippen LogP contribution in [0.2, 0.25) is 0 Å². The van der Waals surface area contributed by atoms with Crippen LogP contribution in [0.1, 0.15) is 10.4 Å². The van der Waals surface area contributed by atoms with Crippen molar-refractivity contribution in [1.29, 1.82) is 0 Å². The summed E-state index contributed by atoms with van der Waals surface area (Å²) in [4.78, 5) is 24.6. The molecule has 1 aromatic heterocycles. The number of alkyl halides is 3. The number of H-pyrrole nitrogens is 1. The van der Waals surface area contributed by atoms with Crippen LogP contribution in [-0.2, 0) is 4.74 Å². The molecule has 0 atom stereocenters. The van der Waals surface area contributed by atoms with Crippen LogP contribution in [-0.4, -0.2) is 31.5 Å². The lowest BCUT2D eigenvalue weighted by Crippen LogP contribution is -2.25. The number of esters is 1. The van der Waals surface area contributed by atoms with Gasteiger partial charge in [-0.2, -0.15) is 0 Å². The van der Waals surface area contributed by atoms with Crippen LogP contribution in [0, 0.1) is 0 Å². The highest BCUT2D eigenvalue weighted by Gasteiger charge is 2.36. The third-order valence-electron chi connectivity index (χ3n) is 1.84. The first-order valence-electron chi connectivity index (χ1n) is 4.44. The highest BCUT2D eigenvalue weighted by Crippen LogP contribution is 2.29. The average Bonchev–Trinajstić information content (AvgIpc) is 2.29. The number of halogens is 3. The number of rotatable bonds is 3. The molecule has 1 rings (SSSR count). The molecule has 0 radical (unpaired) electrons. The van der Waals surface area contributed by atoms with Gasteiger partial charge in [0.05, 0.1) is 14.2 Å². The second-order valence-electron chi connectivity index (χ2n) is 2.93. The number of aromatic amines is 1. The lowest BCUT2D eigenvalue weighted by Gasteiger charge is -2.13. The summed E-state index contributed by atoms with van der Waals surface area (Å²) < 4.78 is 48.8. The predicted molar refractivity (Wildman–Crippen MR) is 51.6 cm³/mol. The van der Waals surface area contributed by atoms with E-state index in [1.807, 2.05) is 4.98 Å². The smallest absolute Gasteiger partial charge is 0.494 e. The van der Waals surface area contributed by atoms with E-state index in [1.54, 1.807) is 0 Å². The van der Waals surface area contributed by atoms with Gasteiger partial charge in [-0.05, 0) is 0 Å². The van der Waals surface area contributed by atoms with Crippen LogP contribution in [0.5, 0.6) is 11.5 Å². The van der Waals surface area contributed by atoms with E-state index < -0.39 is 29.2 Å². The lowest BCUT2D eigenvalue weighted by atomic mass is 10.2. The molecule has 0 saturated heterocycles. The minimum absolute atomic E-state index is 0.305. The third kappa shape index (κ3) is 2.93. The van der Waals surface area contributed by atoms with Gasteiger partial charge < -0.3 is 19.2 Å². The van der Waals surface area contributed by atoms with Gasteiger partial charge in [-0.3, -0.25) is 4.79 Å². The third-order valence-corrected chi connectivity index (χ3v) is 1.84. The molecule has 0 aliphatic rings. The molecule has 0 unspecified atom stereocenters. The molecule has 0 fully saturated rings. The summed E-state index contributed by atoms with van der Waals surface area (Å²) in [6.45, 7) is 0. The maximum Gasteiger partial charge on any atom is 0.573 e. The summed E-state index contributed by atoms with van der Waals surface area (Å²) in [5, 5.41) is 0. The van der Waals surface area contributed by atoms with Crippen LogP contribution in [0.4, 0.5) is 13.2 Å². The van der Waals surface area contributed by atoms with E-state index >= 15 is 0 Å². The van der Waals surface area contributed by atoms with Crippen LogP contribution in [0.15, 0.2) is 11.0 Å². The number of carbonyl (C=O) groups is 1. The molecule has 0 saturated carbocycles. The molecule has 1 aromatic rings. The molecule has 0 spiro atoms. The van der Waals surface area contributed by atoms with Crippen molar-refractivity contribution in [2.75, 3.05) is 14.2 Å². The molecule has 100 valence electrons. The van der Waals surface area contributed by atoms with E-state index in [9.17, 15) is 22.8 Å². The molecule has 18 heavy (non-hydrogen) atoms. The minimum atomic E-state index is -5.12. The Balaban J connectivity index is 3.46. The largest absolute Gasteiger partial charge is 0.573 e. The summed E-state index contributed by atoms with van der Waals surface area (Å²) in [5.41, 5.74) is -1.96. The number of aromatic nitrogens is 1. The Labute approximate surface area is 98.3 Å². The Morgan fingerprint density at radius 1 is 1.33 bits per heavy atom. The molecule has 1 N–H and O–H groups in total. The predicted octanol–water partition coefficient (Wildman–Crippen LogP) is 1.07. The molecular weight excluding hydrogens is 259 g/mol. The zero-order chi connectivity index (χ0) is 13.9. The first kappa shape index (κ1) is 13.9. The Kier molecular flexibility index (Phi) is 3.84. The van der Waals surface area contributed by atoms with Gasteiger partial charge in [-0.1, -0.05) is 0 Å². The second-order valence-corrected chi connectivity index (χ2v) is 2.93. The molecule has 0 amide bonds. The number of methoxy groups -OCH3 is 2. The van der Waals surface area contributed by atoms with Gasteiger partial charge in [0.25, 0.3) is 5.56 Å². The number of ether oxygens (including phenoxy) is 3. The summed E-state index contributed by atoms with van der Waals surface area (Å²) >= 11 is 0. The molecule has 9 heteroatoms. The standard InChI is InChI=1S/C9H8F3NO5/c1-16-4-3-13-7(14)6(18-9(10,11)12)5(4)8(15)17-2/h3H,1-2H3,(H,13,14). The van der Waals surface area contributed by atoms with E-state index in [2.05, 4.69) is 14.2 Å². The van der Waals surface area contributed by atoms with Gasteiger partial charge in [0.1, 0.15) is 0 Å². The van der Waals surface area contributed by atoms with Gasteiger partial charge >= 0.3 is 12.3 Å². The Bertz CT molecular complexity index is 508. The van der Waals surface area contributed by atoms with Gasteiger partial charge in [0, 0.05) is 6.20 Å². The molecule has 1 heterocycles. The monoisotopic (exact) mass is 267 g/mol. The van der Waals surface area contributed by atoms with Gasteiger partial charge in [0.2, 0.25) is 5.75 Å². The quantitative estimate of drug-likeness (QED) is 0.829. The number of carbonyl (C=O) groups excluding carboxylic acids is 1. The Morgan fingerprint density at radius 3 is 2.39 bits per heavy atom. The van der Waals surface area contributed by atoms with Crippen molar-refractivity contribution in [3.63, 3.8) is 0 Å². The topological polar surface area (TPSA) is 77.6 Å². The fourth-order valence-electron chi connectivity index (χ4n) is 1.16. The fourth-order valence-corrected chi connectivity index (χ4v) is 1.16. The van der Waals surface area contributed by atoms with Crippen LogP contribution in [0.25, 0.3) is 0 Å². The van der Waals surface area contributed by atoms with Crippen molar-refractivity contribution < 1.29 is 32.2 Å². The van der Waals surface area contributed by atoms with Gasteiger partial charge in [0.15, 0.2) is 11.3 Å².